The Bertz CT molecular complexity index is 1080. The summed E-state index contributed by atoms with van der Waals surface area (Å²) in [6, 6.07) is 13.3. The Morgan fingerprint density at radius 2 is 1.24 bits per heavy atom. The van der Waals surface area contributed by atoms with Crippen molar-refractivity contribution < 1.29 is 34.2 Å². The van der Waals surface area contributed by atoms with Crippen molar-refractivity contribution in [2.24, 2.45) is 5.73 Å². The van der Waals surface area contributed by atoms with E-state index in [-0.39, 0.29) is 19.3 Å². The van der Waals surface area contributed by atoms with Gasteiger partial charge in [0.25, 0.3) is 0 Å². The Morgan fingerprint density at radius 3 is 1.76 bits per heavy atom. The van der Waals surface area contributed by atoms with Gasteiger partial charge in [-0.3, -0.25) is 19.2 Å². The molecule has 0 aliphatic rings. The summed E-state index contributed by atoms with van der Waals surface area (Å²) in [5.41, 5.74) is 7.53. The molecule has 11 nitrogen and oxygen atoms in total. The quantitative estimate of drug-likeness (QED) is 0.207. The van der Waals surface area contributed by atoms with Crippen LogP contribution in [0.3, 0.4) is 0 Å². The fourth-order valence-corrected chi connectivity index (χ4v) is 3.50. The molecule has 0 radical (unpaired) electrons. The van der Waals surface area contributed by atoms with E-state index >= 15 is 0 Å². The zero-order chi connectivity index (χ0) is 27.4. The Hall–Kier alpha value is -4.25. The van der Waals surface area contributed by atoms with Crippen LogP contribution in [0.1, 0.15) is 30.9 Å². The lowest BCUT2D eigenvalue weighted by atomic mass is 10.0. The second-order valence-electron chi connectivity index (χ2n) is 8.61. The number of rotatable bonds is 14. The number of nitrogens with one attached hydrogen (secondary N) is 3. The molecule has 0 bridgehead atoms. The van der Waals surface area contributed by atoms with E-state index in [1.807, 2.05) is 30.3 Å². The molecule has 0 heterocycles. The molecule has 2 rings (SSSR count). The molecule has 11 heteroatoms. The third-order valence-corrected chi connectivity index (χ3v) is 5.56. The van der Waals surface area contributed by atoms with Crippen LogP contribution in [0.15, 0.2) is 60.7 Å². The molecule has 0 saturated heterocycles. The minimum atomic E-state index is -1.45. The number of hydrogen-bond donors (Lipinski definition) is 6. The molecule has 7 N–H and O–H groups in total. The highest BCUT2D eigenvalue weighted by Crippen LogP contribution is 2.07. The van der Waals surface area contributed by atoms with Crippen LogP contribution in [-0.2, 0) is 36.8 Å². The van der Waals surface area contributed by atoms with E-state index in [0.29, 0.717) is 5.56 Å². The van der Waals surface area contributed by atoms with E-state index in [2.05, 4.69) is 16.0 Å². The molecule has 0 saturated carbocycles. The predicted octanol–water partition coefficient (Wildman–Crippen LogP) is 0.223. The molecule has 0 aliphatic carbocycles. The fourth-order valence-electron chi connectivity index (χ4n) is 3.50. The second-order valence-corrected chi connectivity index (χ2v) is 8.61. The SMILES string of the molecule is CC(NC(=O)C(N)Cc1ccccc1)C(=O)NC(Cc1ccccc1)C(=O)NC(CCC(=O)O)C(=O)O. The first kappa shape index (κ1) is 29.0. The van der Waals surface area contributed by atoms with Crippen molar-refractivity contribution in [2.45, 2.75) is 56.8 Å². The van der Waals surface area contributed by atoms with Gasteiger partial charge in [0.1, 0.15) is 18.1 Å². The smallest absolute Gasteiger partial charge is 0.326 e. The average Bonchev–Trinajstić information content (AvgIpc) is 2.86. The van der Waals surface area contributed by atoms with Crippen molar-refractivity contribution in [2.75, 3.05) is 0 Å². The molecule has 4 atom stereocenters. The van der Waals surface area contributed by atoms with E-state index in [1.54, 1.807) is 30.3 Å². The summed E-state index contributed by atoms with van der Waals surface area (Å²) in [6.07, 6.45) is -0.474. The van der Waals surface area contributed by atoms with Crippen LogP contribution in [0, 0.1) is 0 Å². The summed E-state index contributed by atoms with van der Waals surface area (Å²) in [6.45, 7) is 1.44. The summed E-state index contributed by atoms with van der Waals surface area (Å²) in [5, 5.41) is 25.6. The lowest BCUT2D eigenvalue weighted by molar-refractivity contribution is -0.143. The minimum Gasteiger partial charge on any atom is -0.481 e. The number of aliphatic carboxylic acids is 2. The third-order valence-electron chi connectivity index (χ3n) is 5.56. The van der Waals surface area contributed by atoms with E-state index < -0.39 is 60.2 Å². The van der Waals surface area contributed by atoms with Crippen molar-refractivity contribution in [1.82, 2.24) is 16.0 Å². The lowest BCUT2D eigenvalue weighted by Crippen LogP contribution is -2.57. The van der Waals surface area contributed by atoms with Crippen molar-refractivity contribution >= 4 is 29.7 Å². The monoisotopic (exact) mass is 512 g/mol. The van der Waals surface area contributed by atoms with Gasteiger partial charge in [-0.15, -0.1) is 0 Å². The number of benzene rings is 2. The first-order valence-corrected chi connectivity index (χ1v) is 11.8. The molecular formula is C26H32N4O7. The predicted molar refractivity (Wildman–Crippen MR) is 134 cm³/mol. The highest BCUT2D eigenvalue weighted by Gasteiger charge is 2.29. The van der Waals surface area contributed by atoms with Gasteiger partial charge in [-0.25, -0.2) is 4.79 Å². The Morgan fingerprint density at radius 1 is 0.730 bits per heavy atom. The average molecular weight is 513 g/mol. The second kappa shape index (κ2) is 14.3. The zero-order valence-electron chi connectivity index (χ0n) is 20.4. The maximum Gasteiger partial charge on any atom is 0.326 e. The van der Waals surface area contributed by atoms with Gasteiger partial charge in [0.15, 0.2) is 0 Å². The number of carbonyl (C=O) groups excluding carboxylic acids is 3. The fraction of sp³-hybridized carbons (Fsp3) is 0.346. The van der Waals surface area contributed by atoms with Gasteiger partial charge >= 0.3 is 11.9 Å². The van der Waals surface area contributed by atoms with Crippen LogP contribution in [0.5, 0.6) is 0 Å². The van der Waals surface area contributed by atoms with Crippen LogP contribution < -0.4 is 21.7 Å². The molecule has 0 aliphatic heterocycles. The first-order chi connectivity index (χ1) is 17.6. The van der Waals surface area contributed by atoms with Crippen molar-refractivity contribution in [3.63, 3.8) is 0 Å². The lowest BCUT2D eigenvalue weighted by Gasteiger charge is -2.24. The Balaban J connectivity index is 2.06. The maximum atomic E-state index is 13.0. The summed E-state index contributed by atoms with van der Waals surface area (Å²) < 4.78 is 0. The molecule has 3 amide bonds. The molecule has 2 aromatic rings. The van der Waals surface area contributed by atoms with Crippen molar-refractivity contribution in [3.05, 3.63) is 71.8 Å². The van der Waals surface area contributed by atoms with Gasteiger partial charge in [-0.2, -0.15) is 0 Å². The maximum absolute atomic E-state index is 13.0. The van der Waals surface area contributed by atoms with Gasteiger partial charge in [0, 0.05) is 12.8 Å². The number of carboxylic acid groups (broad SMARTS) is 2. The van der Waals surface area contributed by atoms with Gasteiger partial charge in [-0.05, 0) is 30.9 Å². The third kappa shape index (κ3) is 10.1. The normalized spacial score (nSPS) is 13.9. The van der Waals surface area contributed by atoms with Crippen LogP contribution in [0.2, 0.25) is 0 Å². The van der Waals surface area contributed by atoms with E-state index in [4.69, 9.17) is 10.8 Å². The summed E-state index contributed by atoms with van der Waals surface area (Å²) >= 11 is 0. The summed E-state index contributed by atoms with van der Waals surface area (Å²) in [5.74, 6) is -4.62. The molecule has 0 aromatic heterocycles. The summed E-state index contributed by atoms with van der Waals surface area (Å²) in [4.78, 5) is 60.7. The van der Waals surface area contributed by atoms with Crippen molar-refractivity contribution in [3.8, 4) is 0 Å². The Kier molecular flexibility index (Phi) is 11.2. The summed E-state index contributed by atoms with van der Waals surface area (Å²) in [7, 11) is 0. The largest absolute Gasteiger partial charge is 0.481 e. The van der Waals surface area contributed by atoms with Crippen molar-refractivity contribution in [1.29, 1.82) is 0 Å². The highest BCUT2D eigenvalue weighted by molar-refractivity contribution is 5.94. The number of nitrogens with two attached hydrogens (primary N) is 1. The highest BCUT2D eigenvalue weighted by atomic mass is 16.4. The van der Waals surface area contributed by atoms with Crippen LogP contribution in [-0.4, -0.2) is 64.0 Å². The topological polar surface area (TPSA) is 188 Å². The molecule has 2 aromatic carbocycles. The zero-order valence-corrected chi connectivity index (χ0v) is 20.4. The van der Waals surface area contributed by atoms with Crippen LogP contribution >= 0.6 is 0 Å². The molecule has 4 unspecified atom stereocenters. The molecule has 37 heavy (non-hydrogen) atoms. The van der Waals surface area contributed by atoms with Crippen LogP contribution in [0.4, 0.5) is 0 Å². The van der Waals surface area contributed by atoms with E-state index in [9.17, 15) is 29.1 Å². The van der Waals surface area contributed by atoms with E-state index in [0.717, 1.165) is 5.56 Å². The minimum absolute atomic E-state index is 0.0396. The van der Waals surface area contributed by atoms with Crippen LogP contribution in [0.25, 0.3) is 0 Å². The Labute approximate surface area is 214 Å². The first-order valence-electron chi connectivity index (χ1n) is 11.8. The standard InChI is InChI=1S/C26H32N4O7/c1-16(28-24(34)19(27)14-17-8-4-2-5-9-17)23(33)30-21(15-18-10-6-3-7-11-18)25(35)29-20(26(36)37)12-13-22(31)32/h2-11,16,19-21H,12-15,27H2,1H3,(H,28,34)(H,29,35)(H,30,33)(H,31,32)(H,36,37). The number of amides is 3. The van der Waals surface area contributed by atoms with Gasteiger partial charge in [-0.1, -0.05) is 60.7 Å². The van der Waals surface area contributed by atoms with Gasteiger partial charge in [0.2, 0.25) is 17.7 Å². The van der Waals surface area contributed by atoms with E-state index in [1.165, 1.54) is 6.92 Å². The molecule has 0 spiro atoms. The number of hydrogen-bond acceptors (Lipinski definition) is 6. The molecular weight excluding hydrogens is 480 g/mol. The van der Waals surface area contributed by atoms with Gasteiger partial charge in [0.05, 0.1) is 6.04 Å². The van der Waals surface area contributed by atoms with Gasteiger partial charge < -0.3 is 31.9 Å². The molecule has 198 valence electrons. The number of carbonyl (C=O) groups is 5. The number of carboxylic acids is 2. The molecule has 0 fully saturated rings.